The first-order chi connectivity index (χ1) is 16.9. The zero-order chi connectivity index (χ0) is 24.7. The first-order valence-corrected chi connectivity index (χ1v) is 11.2. The summed E-state index contributed by atoms with van der Waals surface area (Å²) in [6.07, 6.45) is 5.58. The Morgan fingerprint density at radius 3 is 2.74 bits per heavy atom. The summed E-state index contributed by atoms with van der Waals surface area (Å²) in [5, 5.41) is 12.8. The van der Waals surface area contributed by atoms with Gasteiger partial charge >= 0.3 is 0 Å². The van der Waals surface area contributed by atoms with Gasteiger partial charge in [-0.05, 0) is 36.6 Å². The molecular formula is C23H19ClFN9O. The van der Waals surface area contributed by atoms with E-state index in [1.54, 1.807) is 18.3 Å². The molecular weight excluding hydrogens is 473 g/mol. The van der Waals surface area contributed by atoms with E-state index < -0.39 is 17.4 Å². The van der Waals surface area contributed by atoms with E-state index in [0.717, 1.165) is 18.9 Å². The van der Waals surface area contributed by atoms with Gasteiger partial charge in [-0.1, -0.05) is 24.4 Å². The maximum absolute atomic E-state index is 14.9. The number of hydrogen-bond donors (Lipinski definition) is 3. The molecule has 0 radical (unpaired) electrons. The van der Waals surface area contributed by atoms with Crippen molar-refractivity contribution in [1.82, 2.24) is 24.5 Å². The number of halogens is 2. The van der Waals surface area contributed by atoms with Crippen molar-refractivity contribution >= 4 is 40.1 Å². The highest BCUT2D eigenvalue weighted by Crippen LogP contribution is 2.39. The number of rotatable bonds is 6. The second-order valence-electron chi connectivity index (χ2n) is 8.25. The van der Waals surface area contributed by atoms with Crippen molar-refractivity contribution in [3.8, 4) is 11.8 Å². The molecule has 35 heavy (non-hydrogen) atoms. The Morgan fingerprint density at radius 2 is 2.06 bits per heavy atom. The van der Waals surface area contributed by atoms with E-state index in [4.69, 9.17) is 23.1 Å². The predicted molar refractivity (Wildman–Crippen MR) is 129 cm³/mol. The molecule has 1 aliphatic carbocycles. The van der Waals surface area contributed by atoms with Crippen molar-refractivity contribution in [2.24, 2.45) is 5.92 Å². The van der Waals surface area contributed by atoms with E-state index in [0.29, 0.717) is 18.0 Å². The van der Waals surface area contributed by atoms with Crippen molar-refractivity contribution < 1.29 is 4.39 Å². The highest BCUT2D eigenvalue weighted by atomic mass is 35.5. The van der Waals surface area contributed by atoms with Crippen LogP contribution in [0.25, 0.3) is 16.6 Å². The van der Waals surface area contributed by atoms with Gasteiger partial charge < -0.3 is 16.8 Å². The molecule has 0 spiro atoms. The minimum Gasteiger partial charge on any atom is -0.382 e. The van der Waals surface area contributed by atoms with Crippen LogP contribution in [0.15, 0.2) is 41.5 Å². The molecule has 0 unspecified atom stereocenters. The average molecular weight is 492 g/mol. The van der Waals surface area contributed by atoms with E-state index in [1.807, 2.05) is 6.07 Å². The molecule has 0 saturated heterocycles. The van der Waals surface area contributed by atoms with Crippen molar-refractivity contribution in [3.63, 3.8) is 0 Å². The Morgan fingerprint density at radius 1 is 1.26 bits per heavy atom. The molecule has 5 N–H and O–H groups in total. The summed E-state index contributed by atoms with van der Waals surface area (Å²) in [6, 6.07) is 7.17. The third kappa shape index (κ3) is 4.20. The Hall–Kier alpha value is -4.30. The smallest absolute Gasteiger partial charge is 0.267 e. The van der Waals surface area contributed by atoms with E-state index in [1.165, 1.54) is 16.8 Å². The number of benzene rings is 1. The molecule has 3 aromatic heterocycles. The third-order valence-electron chi connectivity index (χ3n) is 5.81. The number of nitrogens with two attached hydrogens (primary N) is 2. The highest BCUT2D eigenvalue weighted by Gasteiger charge is 2.31. The largest absolute Gasteiger partial charge is 0.382 e. The number of aromatic nitrogens is 5. The van der Waals surface area contributed by atoms with Gasteiger partial charge in [-0.2, -0.15) is 15.2 Å². The summed E-state index contributed by atoms with van der Waals surface area (Å²) in [6.45, 7) is 0. The van der Waals surface area contributed by atoms with Crippen LogP contribution in [0.3, 0.4) is 0 Å². The van der Waals surface area contributed by atoms with Gasteiger partial charge in [-0.15, -0.1) is 0 Å². The summed E-state index contributed by atoms with van der Waals surface area (Å²) in [5.41, 5.74) is 11.4. The maximum Gasteiger partial charge on any atom is 0.267 e. The lowest BCUT2D eigenvalue weighted by atomic mass is 10.1. The number of fused-ring (bicyclic) bond motifs is 1. The van der Waals surface area contributed by atoms with Crippen molar-refractivity contribution in [3.05, 3.63) is 69.2 Å². The van der Waals surface area contributed by atoms with Crippen LogP contribution in [0.5, 0.6) is 0 Å². The first kappa shape index (κ1) is 22.5. The average Bonchev–Trinajstić information content (AvgIpc) is 3.65. The van der Waals surface area contributed by atoms with Gasteiger partial charge in [-0.3, -0.25) is 14.3 Å². The lowest BCUT2D eigenvalue weighted by Gasteiger charge is -2.24. The Bertz CT molecular complexity index is 1550. The van der Waals surface area contributed by atoms with Crippen LogP contribution >= 0.6 is 11.6 Å². The number of nitrogens with one attached hydrogen (secondary N) is 1. The maximum atomic E-state index is 14.9. The van der Waals surface area contributed by atoms with Crippen LogP contribution in [0, 0.1) is 23.1 Å². The second kappa shape index (κ2) is 8.81. The molecule has 1 atom stereocenters. The Labute approximate surface area is 203 Å². The molecule has 5 rings (SSSR count). The van der Waals surface area contributed by atoms with E-state index in [9.17, 15) is 14.4 Å². The van der Waals surface area contributed by atoms with Crippen LogP contribution in [-0.4, -0.2) is 24.5 Å². The summed E-state index contributed by atoms with van der Waals surface area (Å²) in [4.78, 5) is 30.4. The van der Waals surface area contributed by atoms with E-state index in [-0.39, 0.29) is 44.9 Å². The van der Waals surface area contributed by atoms with E-state index in [2.05, 4.69) is 25.3 Å². The normalized spacial score (nSPS) is 14.0. The molecule has 1 fully saturated rings. The van der Waals surface area contributed by atoms with Crippen molar-refractivity contribution in [2.45, 2.75) is 25.3 Å². The molecule has 10 nitrogen and oxygen atoms in total. The van der Waals surface area contributed by atoms with E-state index >= 15 is 0 Å². The first-order valence-electron chi connectivity index (χ1n) is 10.8. The standard InChI is InChI=1S/C23H19ClFN9O/c24-14-5-6-15(25)18-17(14)22(35)34(12-2-1-7-29-10-12)21(31-18)16(8-11-3-4-11)30-20-13(9-26)19(27)32-23(28)33-20/h1-2,5-7,10-11,16H,3-4,8H2,(H5,27,28,30,32,33)/t16-/m0/s1. The van der Waals surface area contributed by atoms with Crippen LogP contribution in [0.4, 0.5) is 22.0 Å². The molecule has 0 amide bonds. The van der Waals surface area contributed by atoms with Crippen molar-refractivity contribution in [1.29, 1.82) is 5.26 Å². The molecule has 0 aliphatic heterocycles. The second-order valence-corrected chi connectivity index (χ2v) is 8.66. The fourth-order valence-electron chi connectivity index (χ4n) is 4.00. The monoisotopic (exact) mass is 491 g/mol. The summed E-state index contributed by atoms with van der Waals surface area (Å²) < 4.78 is 16.2. The molecule has 12 heteroatoms. The van der Waals surface area contributed by atoms with Crippen LogP contribution < -0.4 is 22.3 Å². The summed E-state index contributed by atoms with van der Waals surface area (Å²) >= 11 is 6.29. The number of nitriles is 1. The molecule has 3 heterocycles. The lowest BCUT2D eigenvalue weighted by Crippen LogP contribution is -2.29. The molecule has 1 saturated carbocycles. The number of anilines is 3. The fraction of sp³-hybridized carbons (Fsp3) is 0.217. The summed E-state index contributed by atoms with van der Waals surface area (Å²) in [5.74, 6) is -0.233. The minimum absolute atomic E-state index is 0.00489. The van der Waals surface area contributed by atoms with Crippen molar-refractivity contribution in [2.75, 3.05) is 16.8 Å². The quantitative estimate of drug-likeness (QED) is 0.367. The minimum atomic E-state index is -0.681. The van der Waals surface area contributed by atoms with Gasteiger partial charge in [0.2, 0.25) is 5.95 Å². The van der Waals surface area contributed by atoms with Gasteiger partial charge in [0, 0.05) is 6.20 Å². The number of hydrogen-bond acceptors (Lipinski definition) is 9. The Balaban J connectivity index is 1.78. The fourth-order valence-corrected chi connectivity index (χ4v) is 4.23. The topological polar surface area (TPSA) is 161 Å². The Kier molecular flexibility index (Phi) is 5.66. The molecule has 176 valence electrons. The number of nitrogen functional groups attached to an aromatic ring is 2. The van der Waals surface area contributed by atoms with Gasteiger partial charge in [0.15, 0.2) is 5.82 Å². The van der Waals surface area contributed by atoms with Crippen LogP contribution in [0.2, 0.25) is 5.02 Å². The SMILES string of the molecule is N#Cc1c(N)nc(N)nc1N[C@@H](CC1CC1)c1nc2c(F)ccc(Cl)c2c(=O)n1-c1cccnc1. The highest BCUT2D eigenvalue weighted by molar-refractivity contribution is 6.35. The van der Waals surface area contributed by atoms with Gasteiger partial charge in [0.05, 0.1) is 28.3 Å². The van der Waals surface area contributed by atoms with Crippen LogP contribution in [0.1, 0.15) is 36.7 Å². The van der Waals surface area contributed by atoms with Gasteiger partial charge in [0.25, 0.3) is 5.56 Å². The zero-order valence-electron chi connectivity index (χ0n) is 18.2. The molecule has 0 bridgehead atoms. The summed E-state index contributed by atoms with van der Waals surface area (Å²) in [7, 11) is 0. The molecule has 4 aromatic rings. The zero-order valence-corrected chi connectivity index (χ0v) is 19.0. The predicted octanol–water partition coefficient (Wildman–Crippen LogP) is 3.35. The molecule has 1 aromatic carbocycles. The third-order valence-corrected chi connectivity index (χ3v) is 6.12. The number of nitrogens with zero attached hydrogens (tertiary/aromatic N) is 6. The number of pyridine rings is 1. The van der Waals surface area contributed by atoms with Gasteiger partial charge in [-0.25, -0.2) is 9.37 Å². The van der Waals surface area contributed by atoms with Gasteiger partial charge in [0.1, 0.15) is 34.6 Å². The lowest BCUT2D eigenvalue weighted by molar-refractivity contribution is 0.578. The van der Waals surface area contributed by atoms with Crippen LogP contribution in [-0.2, 0) is 0 Å². The molecule has 1 aliphatic rings.